The van der Waals surface area contributed by atoms with Crippen molar-refractivity contribution in [1.82, 2.24) is 15.1 Å². The van der Waals surface area contributed by atoms with Crippen molar-refractivity contribution in [2.75, 3.05) is 0 Å². The second-order valence-electron chi connectivity index (χ2n) is 4.25. The molecule has 110 valence electrons. The quantitative estimate of drug-likeness (QED) is 0.678. The van der Waals surface area contributed by atoms with Crippen LogP contribution in [0.4, 0.5) is 5.69 Å². The summed E-state index contributed by atoms with van der Waals surface area (Å²) in [7, 11) is 0. The van der Waals surface area contributed by atoms with Crippen molar-refractivity contribution in [3.63, 3.8) is 0 Å². The number of amides is 1. The molecule has 0 radical (unpaired) electrons. The lowest BCUT2D eigenvalue weighted by atomic mass is 10.2. The van der Waals surface area contributed by atoms with E-state index in [1.54, 1.807) is 4.68 Å². The number of carbonyl (C=O) groups excluding carboxylic acids is 1. The van der Waals surface area contributed by atoms with Crippen molar-refractivity contribution in [2.24, 2.45) is 0 Å². The monoisotopic (exact) mass is 308 g/mol. The number of aryl methyl sites for hydroxylation is 1. The van der Waals surface area contributed by atoms with Gasteiger partial charge in [0.15, 0.2) is 0 Å². The molecule has 1 N–H and O–H groups in total. The molecule has 0 atom stereocenters. The molecule has 0 aliphatic rings. The molecule has 0 fully saturated rings. The van der Waals surface area contributed by atoms with E-state index in [2.05, 4.69) is 10.4 Å². The van der Waals surface area contributed by atoms with Crippen molar-refractivity contribution < 1.29 is 9.72 Å². The van der Waals surface area contributed by atoms with Crippen molar-refractivity contribution in [3.8, 4) is 0 Å². The number of nitro groups is 1. The van der Waals surface area contributed by atoms with Gasteiger partial charge in [0.1, 0.15) is 0 Å². The number of hydrogen-bond acceptors (Lipinski definition) is 4. The van der Waals surface area contributed by atoms with Crippen LogP contribution in [0, 0.1) is 10.1 Å². The maximum atomic E-state index is 12.0. The van der Waals surface area contributed by atoms with E-state index >= 15 is 0 Å². The highest BCUT2D eigenvalue weighted by molar-refractivity contribution is 6.31. The smallest absolute Gasteiger partial charge is 0.270 e. The Morgan fingerprint density at radius 2 is 2.29 bits per heavy atom. The largest absolute Gasteiger partial charge is 0.346 e. The molecule has 8 heteroatoms. The van der Waals surface area contributed by atoms with E-state index in [0.717, 1.165) is 0 Å². The van der Waals surface area contributed by atoms with Gasteiger partial charge in [0.2, 0.25) is 0 Å². The number of rotatable bonds is 5. The lowest BCUT2D eigenvalue weighted by Crippen LogP contribution is -2.24. The van der Waals surface area contributed by atoms with Crippen LogP contribution in [0.1, 0.15) is 23.0 Å². The fourth-order valence-electron chi connectivity index (χ4n) is 1.86. The normalized spacial score (nSPS) is 10.4. The Morgan fingerprint density at radius 3 is 2.95 bits per heavy atom. The van der Waals surface area contributed by atoms with E-state index in [1.807, 2.05) is 6.92 Å². The first-order valence-electron chi connectivity index (χ1n) is 6.25. The first kappa shape index (κ1) is 15.0. The number of hydrogen-bond donors (Lipinski definition) is 1. The molecule has 2 rings (SSSR count). The van der Waals surface area contributed by atoms with Gasteiger partial charge in [0.05, 0.1) is 28.4 Å². The number of nitro benzene ring substituents is 1. The van der Waals surface area contributed by atoms with E-state index in [9.17, 15) is 14.9 Å². The van der Waals surface area contributed by atoms with Crippen molar-refractivity contribution in [1.29, 1.82) is 0 Å². The van der Waals surface area contributed by atoms with Crippen LogP contribution < -0.4 is 5.32 Å². The average molecular weight is 309 g/mol. The minimum Gasteiger partial charge on any atom is -0.346 e. The summed E-state index contributed by atoms with van der Waals surface area (Å²) in [6, 6.07) is 5.55. The summed E-state index contributed by atoms with van der Waals surface area (Å²) in [4.78, 5) is 22.2. The molecule has 0 aliphatic heterocycles. The third-order valence-corrected chi connectivity index (χ3v) is 3.25. The topological polar surface area (TPSA) is 90.1 Å². The first-order chi connectivity index (χ1) is 10.0. The van der Waals surface area contributed by atoms with Crippen molar-refractivity contribution in [2.45, 2.75) is 20.0 Å². The lowest BCUT2D eigenvalue weighted by molar-refractivity contribution is -0.384. The zero-order valence-electron chi connectivity index (χ0n) is 11.2. The van der Waals surface area contributed by atoms with Crippen LogP contribution in [0.15, 0.2) is 30.5 Å². The Kier molecular flexibility index (Phi) is 4.54. The second-order valence-corrected chi connectivity index (χ2v) is 4.65. The predicted molar refractivity (Wildman–Crippen MR) is 77.2 cm³/mol. The molecule has 0 saturated heterocycles. The minimum atomic E-state index is -0.542. The average Bonchev–Trinajstić information content (AvgIpc) is 2.85. The standard InChI is InChI=1S/C13H13ClN4O3/c1-2-17-12(11(14)7-16-17)8-15-13(19)9-4-3-5-10(6-9)18(20)21/h3-7H,2,8H2,1H3,(H,15,19). The number of non-ortho nitro benzene ring substituents is 1. The van der Waals surface area contributed by atoms with Crippen LogP contribution in [-0.2, 0) is 13.1 Å². The van der Waals surface area contributed by atoms with Crippen LogP contribution in [0.2, 0.25) is 5.02 Å². The number of halogens is 1. The molecule has 0 spiro atoms. The Hall–Kier alpha value is -2.41. The molecule has 0 saturated carbocycles. The molecule has 21 heavy (non-hydrogen) atoms. The summed E-state index contributed by atoms with van der Waals surface area (Å²) in [6.07, 6.45) is 1.51. The van der Waals surface area contributed by atoms with Gasteiger partial charge >= 0.3 is 0 Å². The molecular weight excluding hydrogens is 296 g/mol. The maximum Gasteiger partial charge on any atom is 0.270 e. The third-order valence-electron chi connectivity index (χ3n) is 2.93. The van der Waals surface area contributed by atoms with E-state index in [1.165, 1.54) is 30.5 Å². The van der Waals surface area contributed by atoms with Gasteiger partial charge in [-0.3, -0.25) is 19.6 Å². The van der Waals surface area contributed by atoms with E-state index in [-0.39, 0.29) is 17.8 Å². The second kappa shape index (κ2) is 6.36. The Balaban J connectivity index is 2.10. The molecular formula is C13H13ClN4O3. The first-order valence-corrected chi connectivity index (χ1v) is 6.63. The number of benzene rings is 1. The third kappa shape index (κ3) is 3.38. The van der Waals surface area contributed by atoms with E-state index in [0.29, 0.717) is 17.3 Å². The molecule has 1 aromatic carbocycles. The van der Waals surface area contributed by atoms with Crippen LogP contribution in [-0.4, -0.2) is 20.6 Å². The molecule has 0 bridgehead atoms. The SMILES string of the molecule is CCn1ncc(Cl)c1CNC(=O)c1cccc([N+](=O)[O-])c1. The number of carbonyl (C=O) groups is 1. The van der Waals surface area contributed by atoms with Gasteiger partial charge in [-0.25, -0.2) is 0 Å². The Morgan fingerprint density at radius 1 is 1.52 bits per heavy atom. The van der Waals surface area contributed by atoms with Gasteiger partial charge in [-0.1, -0.05) is 17.7 Å². The summed E-state index contributed by atoms with van der Waals surface area (Å²) in [6.45, 7) is 2.75. The van der Waals surface area contributed by atoms with Gasteiger partial charge in [-0.05, 0) is 13.0 Å². The molecule has 7 nitrogen and oxygen atoms in total. The minimum absolute atomic E-state index is 0.126. The molecule has 0 aliphatic carbocycles. The molecule has 2 aromatic rings. The zero-order valence-corrected chi connectivity index (χ0v) is 12.0. The summed E-state index contributed by atoms with van der Waals surface area (Å²) in [5.74, 6) is -0.404. The van der Waals surface area contributed by atoms with Gasteiger partial charge in [0.25, 0.3) is 11.6 Å². The number of nitrogens with zero attached hydrogens (tertiary/aromatic N) is 3. The van der Waals surface area contributed by atoms with Gasteiger partial charge < -0.3 is 5.32 Å². The highest BCUT2D eigenvalue weighted by Crippen LogP contribution is 2.16. The van der Waals surface area contributed by atoms with Gasteiger partial charge in [0, 0.05) is 24.2 Å². The summed E-state index contributed by atoms with van der Waals surface area (Å²) in [5.41, 5.74) is 0.792. The fraction of sp³-hybridized carbons (Fsp3) is 0.231. The number of aromatic nitrogens is 2. The van der Waals surface area contributed by atoms with Gasteiger partial charge in [-0.2, -0.15) is 5.10 Å². The highest BCUT2D eigenvalue weighted by Gasteiger charge is 2.13. The van der Waals surface area contributed by atoms with Crippen molar-refractivity contribution in [3.05, 3.63) is 56.9 Å². The molecule has 1 amide bonds. The lowest BCUT2D eigenvalue weighted by Gasteiger charge is -2.07. The zero-order chi connectivity index (χ0) is 15.4. The molecule has 1 aromatic heterocycles. The van der Waals surface area contributed by atoms with Crippen LogP contribution in [0.5, 0.6) is 0 Å². The predicted octanol–water partition coefficient (Wildman–Crippen LogP) is 2.39. The Labute approximate surface area is 125 Å². The summed E-state index contributed by atoms with van der Waals surface area (Å²) >= 11 is 6.00. The van der Waals surface area contributed by atoms with Gasteiger partial charge in [-0.15, -0.1) is 0 Å². The Bertz CT molecular complexity index is 684. The molecule has 1 heterocycles. The van der Waals surface area contributed by atoms with Crippen LogP contribution >= 0.6 is 11.6 Å². The van der Waals surface area contributed by atoms with E-state index in [4.69, 9.17) is 11.6 Å². The van der Waals surface area contributed by atoms with E-state index < -0.39 is 10.8 Å². The molecule has 0 unspecified atom stereocenters. The summed E-state index contributed by atoms with van der Waals surface area (Å²) in [5, 5.41) is 17.9. The number of nitrogens with one attached hydrogen (secondary N) is 1. The van der Waals surface area contributed by atoms with Crippen molar-refractivity contribution >= 4 is 23.2 Å². The summed E-state index contributed by atoms with van der Waals surface area (Å²) < 4.78 is 1.68. The van der Waals surface area contributed by atoms with Crippen LogP contribution in [0.3, 0.4) is 0 Å². The highest BCUT2D eigenvalue weighted by atomic mass is 35.5. The van der Waals surface area contributed by atoms with Crippen LogP contribution in [0.25, 0.3) is 0 Å². The maximum absolute atomic E-state index is 12.0. The fourth-order valence-corrected chi connectivity index (χ4v) is 2.07.